The van der Waals surface area contributed by atoms with Gasteiger partial charge in [0.2, 0.25) is 11.8 Å². The number of piperazine rings is 2. The first-order valence-electron chi connectivity index (χ1n) is 24.1. The Bertz CT molecular complexity index is 2890. The summed E-state index contributed by atoms with van der Waals surface area (Å²) in [5.41, 5.74) is 12.0. The molecular weight excluding hydrogens is 925 g/mol. The molecule has 6 aromatic carbocycles. The summed E-state index contributed by atoms with van der Waals surface area (Å²) in [6.45, 7) is 8.10. The molecule has 6 aromatic rings. The van der Waals surface area contributed by atoms with Crippen LogP contribution < -0.4 is 21.7 Å². The van der Waals surface area contributed by atoms with Gasteiger partial charge in [-0.2, -0.15) is 0 Å². The average Bonchev–Trinajstić information content (AvgIpc) is 3.41. The number of nitrogens with two attached hydrogens (primary N) is 1. The smallest absolute Gasteiger partial charge is 0.412 e. The zero-order chi connectivity index (χ0) is 51.9. The molecule has 0 unspecified atom stereocenters. The van der Waals surface area contributed by atoms with Crippen molar-refractivity contribution in [2.24, 2.45) is 0 Å². The van der Waals surface area contributed by atoms with E-state index in [1.54, 1.807) is 113 Å². The number of hydrogen-bond donors (Lipinski definition) is 4. The van der Waals surface area contributed by atoms with Crippen LogP contribution in [0.1, 0.15) is 62.2 Å². The minimum Gasteiger partial charge on any atom is -0.444 e. The third-order valence-electron chi connectivity index (χ3n) is 12.1. The van der Waals surface area contributed by atoms with Gasteiger partial charge in [-0.05, 0) is 91.6 Å². The maximum atomic E-state index is 13.2. The molecule has 7 amide bonds. The number of nitrogens with zero attached hydrogens (tertiary/aromatic N) is 4. The molecule has 0 aliphatic carbocycles. The number of nitrogens with one attached hydrogen (secondary N) is 3. The van der Waals surface area contributed by atoms with E-state index in [-0.39, 0.29) is 48.5 Å². The topological polar surface area (TPSA) is 204 Å². The van der Waals surface area contributed by atoms with Gasteiger partial charge in [0, 0.05) is 69.2 Å². The zero-order valence-electron chi connectivity index (χ0n) is 41.2. The highest BCUT2D eigenvalue weighted by Crippen LogP contribution is 2.23. The molecular formula is C57H60N8O8. The van der Waals surface area contributed by atoms with Crippen LogP contribution in [0.3, 0.4) is 0 Å². The number of nitrogen functional groups attached to an aromatic ring is 1. The van der Waals surface area contributed by atoms with Crippen molar-refractivity contribution in [3.8, 4) is 22.3 Å². The fraction of sp³-hybridized carbons (Fsp3) is 0.246. The van der Waals surface area contributed by atoms with E-state index >= 15 is 0 Å². The molecule has 0 atom stereocenters. The molecule has 0 spiro atoms. The number of anilines is 2. The van der Waals surface area contributed by atoms with Crippen LogP contribution in [0.4, 0.5) is 16.2 Å². The summed E-state index contributed by atoms with van der Waals surface area (Å²) in [4.78, 5) is 95.1. The predicted octanol–water partition coefficient (Wildman–Crippen LogP) is 7.07. The number of hydrogen-bond acceptors (Lipinski definition) is 9. The van der Waals surface area contributed by atoms with E-state index in [0.29, 0.717) is 86.0 Å². The number of rotatable bonds is 11. The molecule has 2 aliphatic rings. The first-order chi connectivity index (χ1) is 35.1. The van der Waals surface area contributed by atoms with Gasteiger partial charge in [0.15, 0.2) is 0 Å². The van der Waals surface area contributed by atoms with Gasteiger partial charge in [0.25, 0.3) is 23.6 Å². The van der Waals surface area contributed by atoms with Crippen molar-refractivity contribution in [2.75, 3.05) is 76.5 Å². The summed E-state index contributed by atoms with van der Waals surface area (Å²) in [5, 5.41) is 8.04. The van der Waals surface area contributed by atoms with Crippen molar-refractivity contribution in [3.05, 3.63) is 180 Å². The molecule has 73 heavy (non-hydrogen) atoms. The summed E-state index contributed by atoms with van der Waals surface area (Å²) in [6, 6.07) is 48.0. The molecule has 16 heteroatoms. The standard InChI is InChI=1S/C31H34N4O5.C26H26N4O3/c1-31(2,3)40-30(39)33-26-12-8-7-11-25(26)29(38)35-19-17-34(18-20-35)27(36)21-32-28(37)24-15-13-23(14-16-24)22-9-5-4-6-10-22;27-23-9-5-4-8-22(23)26(33)30-16-14-29(15-17-30)24(31)18-28-25(32)21-12-10-20(11-13-21)19-6-2-1-3-7-19/h4-16H,17-21H2,1-3H3,(H,32,37)(H,33,39);1-13H,14-18,27H2,(H,28,32). The first-order valence-corrected chi connectivity index (χ1v) is 24.1. The van der Waals surface area contributed by atoms with Crippen molar-refractivity contribution in [3.63, 3.8) is 0 Å². The van der Waals surface area contributed by atoms with Crippen LogP contribution in [0.25, 0.3) is 22.3 Å². The van der Waals surface area contributed by atoms with Gasteiger partial charge in [-0.3, -0.25) is 34.1 Å². The molecule has 0 bridgehead atoms. The van der Waals surface area contributed by atoms with Gasteiger partial charge in [-0.1, -0.05) is 109 Å². The van der Waals surface area contributed by atoms with Crippen LogP contribution in [0, 0.1) is 0 Å². The molecule has 2 aliphatic heterocycles. The Morgan fingerprint density at radius 2 is 0.808 bits per heavy atom. The SMILES string of the molecule is CC(C)(C)OC(=O)Nc1ccccc1C(=O)N1CCN(C(=O)CNC(=O)c2ccc(-c3ccccc3)cc2)CC1.Nc1ccccc1C(=O)N1CCN(C(=O)CNC(=O)c2ccc(-c3ccccc3)cc2)CC1. The second kappa shape index (κ2) is 24.4. The van der Waals surface area contributed by atoms with Crippen molar-refractivity contribution < 1.29 is 38.3 Å². The molecule has 2 fully saturated rings. The second-order valence-electron chi connectivity index (χ2n) is 18.4. The van der Waals surface area contributed by atoms with E-state index < -0.39 is 11.7 Å². The number of ether oxygens (including phenoxy) is 1. The van der Waals surface area contributed by atoms with Crippen LogP contribution in [-0.4, -0.2) is 132 Å². The maximum Gasteiger partial charge on any atom is 0.412 e. The van der Waals surface area contributed by atoms with Crippen molar-refractivity contribution in [1.29, 1.82) is 0 Å². The van der Waals surface area contributed by atoms with Gasteiger partial charge in [0.1, 0.15) is 5.60 Å². The van der Waals surface area contributed by atoms with Crippen molar-refractivity contribution in [2.45, 2.75) is 26.4 Å². The Kier molecular flexibility index (Phi) is 17.4. The lowest BCUT2D eigenvalue weighted by atomic mass is 10.0. The normalized spacial score (nSPS) is 13.4. The third-order valence-corrected chi connectivity index (χ3v) is 12.1. The van der Waals surface area contributed by atoms with Crippen LogP contribution in [0.5, 0.6) is 0 Å². The lowest BCUT2D eigenvalue weighted by Crippen LogP contribution is -2.52. The second-order valence-corrected chi connectivity index (χ2v) is 18.4. The zero-order valence-corrected chi connectivity index (χ0v) is 41.2. The summed E-state index contributed by atoms with van der Waals surface area (Å²) in [6.07, 6.45) is -0.641. The van der Waals surface area contributed by atoms with Gasteiger partial charge in [0.05, 0.1) is 29.9 Å². The molecule has 0 aromatic heterocycles. The monoisotopic (exact) mass is 984 g/mol. The number of para-hydroxylation sites is 2. The van der Waals surface area contributed by atoms with Gasteiger partial charge in [-0.15, -0.1) is 0 Å². The number of amides is 7. The molecule has 0 saturated carbocycles. The van der Waals surface area contributed by atoms with Gasteiger partial charge < -0.3 is 40.7 Å². The predicted molar refractivity (Wildman–Crippen MR) is 281 cm³/mol. The van der Waals surface area contributed by atoms with Crippen LogP contribution in [0.15, 0.2) is 158 Å². The van der Waals surface area contributed by atoms with Crippen molar-refractivity contribution >= 4 is 52.9 Å². The van der Waals surface area contributed by atoms with Crippen LogP contribution in [-0.2, 0) is 14.3 Å². The Morgan fingerprint density at radius 3 is 1.23 bits per heavy atom. The molecule has 2 heterocycles. The van der Waals surface area contributed by atoms with E-state index in [1.807, 2.05) is 84.9 Å². The van der Waals surface area contributed by atoms with Gasteiger partial charge in [-0.25, -0.2) is 4.79 Å². The maximum absolute atomic E-state index is 13.2. The highest BCUT2D eigenvalue weighted by Gasteiger charge is 2.28. The molecule has 8 rings (SSSR count). The van der Waals surface area contributed by atoms with Crippen LogP contribution in [0.2, 0.25) is 0 Å². The Balaban J connectivity index is 0.000000218. The van der Waals surface area contributed by atoms with Gasteiger partial charge >= 0.3 is 6.09 Å². The summed E-state index contributed by atoms with van der Waals surface area (Å²) < 4.78 is 5.30. The number of carbonyl (C=O) groups excluding carboxylic acids is 7. The fourth-order valence-electron chi connectivity index (χ4n) is 8.17. The average molecular weight is 985 g/mol. The van der Waals surface area contributed by atoms with Crippen LogP contribution >= 0.6 is 0 Å². The van der Waals surface area contributed by atoms with E-state index in [1.165, 1.54) is 0 Å². The first kappa shape index (κ1) is 52.0. The van der Waals surface area contributed by atoms with E-state index in [4.69, 9.17) is 10.5 Å². The van der Waals surface area contributed by atoms with E-state index in [0.717, 1.165) is 22.3 Å². The molecule has 2 saturated heterocycles. The van der Waals surface area contributed by atoms with E-state index in [2.05, 4.69) is 16.0 Å². The summed E-state index contributed by atoms with van der Waals surface area (Å²) >= 11 is 0. The largest absolute Gasteiger partial charge is 0.444 e. The lowest BCUT2D eigenvalue weighted by Gasteiger charge is -2.35. The molecule has 16 nitrogen and oxygen atoms in total. The molecule has 0 radical (unpaired) electrons. The number of carbonyl (C=O) groups is 7. The molecule has 5 N–H and O–H groups in total. The highest BCUT2D eigenvalue weighted by atomic mass is 16.6. The lowest BCUT2D eigenvalue weighted by molar-refractivity contribution is -0.132. The number of benzene rings is 6. The van der Waals surface area contributed by atoms with E-state index in [9.17, 15) is 33.6 Å². The Hall–Kier alpha value is -8.79. The quantitative estimate of drug-likeness (QED) is 0.0980. The summed E-state index contributed by atoms with van der Waals surface area (Å²) in [7, 11) is 0. The van der Waals surface area contributed by atoms with Crippen molar-refractivity contribution in [1.82, 2.24) is 30.2 Å². The summed E-state index contributed by atoms with van der Waals surface area (Å²) in [5.74, 6) is -1.38. The highest BCUT2D eigenvalue weighted by molar-refractivity contribution is 6.03. The molecule has 376 valence electrons. The Labute approximate surface area is 425 Å². The fourth-order valence-corrected chi connectivity index (χ4v) is 8.17. The minimum atomic E-state index is -0.668. The minimum absolute atomic E-state index is 0.0845. The third kappa shape index (κ3) is 14.4. The Morgan fingerprint density at radius 1 is 0.452 bits per heavy atom.